The number of ether oxygens (including phenoxy) is 1. The van der Waals surface area contributed by atoms with Gasteiger partial charge in [0.15, 0.2) is 11.6 Å². The van der Waals surface area contributed by atoms with E-state index in [-0.39, 0.29) is 11.9 Å². The number of amides is 1. The van der Waals surface area contributed by atoms with Gasteiger partial charge < -0.3 is 15.4 Å². The normalized spacial score (nSPS) is 21.5. The topological polar surface area (TPSA) is 53.6 Å². The van der Waals surface area contributed by atoms with Crippen LogP contribution in [0.2, 0.25) is 0 Å². The Hall–Kier alpha value is -1.57. The smallest absolute Gasteiger partial charge is 0.252 e. The lowest BCUT2D eigenvalue weighted by Gasteiger charge is -2.38. The molecule has 5 nitrogen and oxygen atoms in total. The van der Waals surface area contributed by atoms with Crippen LogP contribution in [-0.2, 0) is 16.1 Å². The summed E-state index contributed by atoms with van der Waals surface area (Å²) < 4.78 is 31.9. The van der Waals surface area contributed by atoms with Gasteiger partial charge in [-0.05, 0) is 56.5 Å². The minimum atomic E-state index is -0.819. The molecule has 26 heavy (non-hydrogen) atoms. The van der Waals surface area contributed by atoms with Gasteiger partial charge in [-0.2, -0.15) is 0 Å². The Morgan fingerprint density at radius 1 is 1.27 bits per heavy atom. The van der Waals surface area contributed by atoms with Crippen molar-refractivity contribution in [1.82, 2.24) is 15.5 Å². The fourth-order valence-corrected chi connectivity index (χ4v) is 3.80. The number of likely N-dealkylation sites (tertiary alicyclic amines) is 1. The highest BCUT2D eigenvalue weighted by Gasteiger charge is 2.40. The third kappa shape index (κ3) is 4.39. The van der Waals surface area contributed by atoms with Crippen LogP contribution in [0.1, 0.15) is 31.2 Å². The Balaban J connectivity index is 1.48. The van der Waals surface area contributed by atoms with E-state index in [0.717, 1.165) is 44.6 Å². The Kier molecular flexibility index (Phi) is 6.21. The molecule has 0 radical (unpaired) electrons. The van der Waals surface area contributed by atoms with Crippen LogP contribution in [0.5, 0.6) is 0 Å². The number of nitrogens with one attached hydrogen (secondary N) is 2. The monoisotopic (exact) mass is 367 g/mol. The molecular weight excluding hydrogens is 340 g/mol. The summed E-state index contributed by atoms with van der Waals surface area (Å²) in [5.74, 6) is -1.64. The van der Waals surface area contributed by atoms with Crippen LogP contribution < -0.4 is 10.6 Å². The number of piperidine rings is 2. The average molecular weight is 367 g/mol. The summed E-state index contributed by atoms with van der Waals surface area (Å²) in [6.07, 6.45) is 3.05. The van der Waals surface area contributed by atoms with Gasteiger partial charge in [-0.15, -0.1) is 0 Å². The van der Waals surface area contributed by atoms with E-state index in [0.29, 0.717) is 19.4 Å². The van der Waals surface area contributed by atoms with Gasteiger partial charge in [0.05, 0.1) is 0 Å². The van der Waals surface area contributed by atoms with Gasteiger partial charge in [0.1, 0.15) is 5.60 Å². The summed E-state index contributed by atoms with van der Waals surface area (Å²) in [7, 11) is 1.61. The van der Waals surface area contributed by atoms with Crippen LogP contribution in [0.15, 0.2) is 18.2 Å². The summed E-state index contributed by atoms with van der Waals surface area (Å²) >= 11 is 0. The van der Waals surface area contributed by atoms with Gasteiger partial charge in [-0.3, -0.25) is 9.69 Å². The lowest BCUT2D eigenvalue weighted by molar-refractivity contribution is -0.147. The second-order valence-electron chi connectivity index (χ2n) is 7.22. The first-order chi connectivity index (χ1) is 12.5. The first-order valence-electron chi connectivity index (χ1n) is 9.25. The first kappa shape index (κ1) is 19.2. The number of methoxy groups -OCH3 is 1. The summed E-state index contributed by atoms with van der Waals surface area (Å²) in [5.41, 5.74) is 0.0491. The molecule has 0 saturated carbocycles. The molecule has 2 N–H and O–H groups in total. The van der Waals surface area contributed by atoms with Crippen LogP contribution in [0, 0.1) is 11.6 Å². The zero-order valence-corrected chi connectivity index (χ0v) is 15.2. The van der Waals surface area contributed by atoms with E-state index in [2.05, 4.69) is 15.5 Å². The van der Waals surface area contributed by atoms with Crippen molar-refractivity contribution in [2.45, 2.75) is 43.9 Å². The number of hydrogen-bond donors (Lipinski definition) is 2. The largest absolute Gasteiger partial charge is 0.368 e. The molecule has 1 aromatic carbocycles. The summed E-state index contributed by atoms with van der Waals surface area (Å²) in [6, 6.07) is 4.17. The molecular formula is C19H27F2N3O2. The highest BCUT2D eigenvalue weighted by Crippen LogP contribution is 2.24. The molecule has 0 atom stereocenters. The summed E-state index contributed by atoms with van der Waals surface area (Å²) in [4.78, 5) is 14.9. The quantitative estimate of drug-likeness (QED) is 0.834. The van der Waals surface area contributed by atoms with E-state index >= 15 is 0 Å². The molecule has 144 valence electrons. The number of carbonyl (C=O) groups is 1. The van der Waals surface area contributed by atoms with Crippen molar-refractivity contribution in [2.75, 3.05) is 33.3 Å². The highest BCUT2D eigenvalue weighted by molar-refractivity contribution is 5.85. The predicted molar refractivity (Wildman–Crippen MR) is 94.6 cm³/mol. The van der Waals surface area contributed by atoms with Crippen molar-refractivity contribution in [3.05, 3.63) is 35.4 Å². The number of carbonyl (C=O) groups excluding carboxylic acids is 1. The fourth-order valence-electron chi connectivity index (χ4n) is 3.80. The van der Waals surface area contributed by atoms with Crippen molar-refractivity contribution in [1.29, 1.82) is 0 Å². The van der Waals surface area contributed by atoms with Gasteiger partial charge in [0.2, 0.25) is 0 Å². The maximum atomic E-state index is 13.3. The molecule has 0 unspecified atom stereocenters. The van der Waals surface area contributed by atoms with Gasteiger partial charge in [0, 0.05) is 32.8 Å². The molecule has 2 heterocycles. The van der Waals surface area contributed by atoms with Crippen molar-refractivity contribution < 1.29 is 18.3 Å². The molecule has 1 amide bonds. The molecule has 1 aromatic rings. The molecule has 2 aliphatic rings. The molecule has 3 rings (SSSR count). The molecule has 0 bridgehead atoms. The van der Waals surface area contributed by atoms with E-state index < -0.39 is 17.2 Å². The second kappa shape index (κ2) is 8.41. The van der Waals surface area contributed by atoms with Crippen LogP contribution >= 0.6 is 0 Å². The second-order valence-corrected chi connectivity index (χ2v) is 7.22. The van der Waals surface area contributed by atoms with Gasteiger partial charge in [-0.25, -0.2) is 8.78 Å². The minimum Gasteiger partial charge on any atom is -0.368 e. The highest BCUT2D eigenvalue weighted by atomic mass is 19.2. The Morgan fingerprint density at radius 2 is 1.96 bits per heavy atom. The van der Waals surface area contributed by atoms with E-state index in [4.69, 9.17) is 4.74 Å². The number of benzene rings is 1. The minimum absolute atomic E-state index is 0.0134. The van der Waals surface area contributed by atoms with Crippen molar-refractivity contribution in [3.8, 4) is 0 Å². The Labute approximate surface area is 153 Å². The Bertz CT molecular complexity index is 627. The molecule has 7 heteroatoms. The molecule has 0 spiro atoms. The van der Waals surface area contributed by atoms with E-state index in [1.165, 1.54) is 12.1 Å². The summed E-state index contributed by atoms with van der Waals surface area (Å²) in [5, 5.41) is 6.41. The van der Waals surface area contributed by atoms with Crippen LogP contribution in [0.4, 0.5) is 8.78 Å². The lowest BCUT2D eigenvalue weighted by Crippen LogP contribution is -2.57. The number of hydrogen-bond acceptors (Lipinski definition) is 4. The molecule has 2 saturated heterocycles. The zero-order valence-electron chi connectivity index (χ0n) is 15.2. The van der Waals surface area contributed by atoms with Crippen molar-refractivity contribution in [3.63, 3.8) is 0 Å². The van der Waals surface area contributed by atoms with Gasteiger partial charge in [-0.1, -0.05) is 6.07 Å². The lowest BCUT2D eigenvalue weighted by atomic mass is 9.90. The van der Waals surface area contributed by atoms with Crippen LogP contribution in [0.25, 0.3) is 0 Å². The van der Waals surface area contributed by atoms with Crippen LogP contribution in [0.3, 0.4) is 0 Å². The predicted octanol–water partition coefficient (Wildman–Crippen LogP) is 1.81. The van der Waals surface area contributed by atoms with Gasteiger partial charge in [0.25, 0.3) is 5.91 Å². The molecule has 2 aliphatic heterocycles. The van der Waals surface area contributed by atoms with Gasteiger partial charge >= 0.3 is 0 Å². The Morgan fingerprint density at radius 3 is 2.58 bits per heavy atom. The fraction of sp³-hybridized carbons (Fsp3) is 0.632. The van der Waals surface area contributed by atoms with Crippen molar-refractivity contribution >= 4 is 5.91 Å². The molecule has 0 aromatic heterocycles. The third-order valence-electron chi connectivity index (χ3n) is 5.53. The first-order valence-corrected chi connectivity index (χ1v) is 9.25. The number of nitrogens with zero attached hydrogens (tertiary/aromatic N) is 1. The van der Waals surface area contributed by atoms with Crippen molar-refractivity contribution in [2.24, 2.45) is 0 Å². The maximum absolute atomic E-state index is 13.3. The number of halogens is 2. The molecule has 0 aliphatic carbocycles. The van der Waals surface area contributed by atoms with Crippen LogP contribution in [-0.4, -0.2) is 55.7 Å². The van der Waals surface area contributed by atoms with E-state index in [1.54, 1.807) is 13.2 Å². The summed E-state index contributed by atoms with van der Waals surface area (Å²) in [6.45, 7) is 3.78. The zero-order chi connectivity index (χ0) is 18.6. The molecule has 2 fully saturated rings. The maximum Gasteiger partial charge on any atom is 0.252 e. The third-order valence-corrected chi connectivity index (χ3v) is 5.53. The average Bonchev–Trinajstić information content (AvgIpc) is 2.67. The van der Waals surface area contributed by atoms with E-state index in [1.807, 2.05) is 0 Å². The SMILES string of the molecule is COC1(C(=O)NC2CCN(Cc3ccc(F)c(F)c3)CC2)CCNCC1. The van der Waals surface area contributed by atoms with E-state index in [9.17, 15) is 13.6 Å². The number of rotatable bonds is 5. The standard InChI is InChI=1S/C19H27F2N3O2/c1-26-19(6-8-22-9-7-19)18(25)23-15-4-10-24(11-5-15)13-14-2-3-16(20)17(21)12-14/h2-3,12,15,22H,4-11,13H2,1H3,(H,23,25).